The van der Waals surface area contributed by atoms with Crippen molar-refractivity contribution < 1.29 is 4.42 Å². The third kappa shape index (κ3) is 5.65. The molecule has 0 spiro atoms. The smallest absolute Gasteiger partial charge is 0.200 e. The van der Waals surface area contributed by atoms with Crippen molar-refractivity contribution in [3.8, 4) is 11.1 Å². The third-order valence-corrected chi connectivity index (χ3v) is 11.9. The number of fused-ring (bicyclic) bond motifs is 4. The molecule has 0 fully saturated rings. The number of anilines is 6. The normalized spacial score (nSPS) is 12.8. The van der Waals surface area contributed by atoms with Crippen LogP contribution < -0.4 is 15.2 Å². The maximum absolute atomic E-state index is 13.9. The Labute approximate surface area is 348 Å². The van der Waals surface area contributed by atoms with E-state index in [1.165, 1.54) is 0 Å². The molecule has 0 bridgehead atoms. The average Bonchev–Trinajstić information content (AvgIpc) is 3.32. The molecule has 0 unspecified atom stereocenters. The highest BCUT2D eigenvalue weighted by molar-refractivity contribution is 5.95. The van der Waals surface area contributed by atoms with Crippen molar-refractivity contribution >= 4 is 56.1 Å². The van der Waals surface area contributed by atoms with E-state index < -0.39 is 5.41 Å². The molecule has 0 amide bonds. The van der Waals surface area contributed by atoms with Gasteiger partial charge in [0.2, 0.25) is 5.43 Å². The molecule has 1 aromatic heterocycles. The van der Waals surface area contributed by atoms with Crippen molar-refractivity contribution in [1.82, 2.24) is 0 Å². The maximum Gasteiger partial charge on any atom is 0.200 e. The van der Waals surface area contributed by atoms with Gasteiger partial charge in [-0.2, -0.15) is 0 Å². The van der Waals surface area contributed by atoms with Crippen LogP contribution >= 0.6 is 0 Å². The molecule has 0 atom stereocenters. The van der Waals surface area contributed by atoms with Crippen molar-refractivity contribution in [2.75, 3.05) is 9.80 Å². The van der Waals surface area contributed by atoms with Crippen LogP contribution in [0.5, 0.6) is 0 Å². The molecule has 0 radical (unpaired) electrons. The van der Waals surface area contributed by atoms with E-state index in [0.717, 1.165) is 67.5 Å². The van der Waals surface area contributed by atoms with E-state index in [2.05, 4.69) is 204 Å². The molecular formula is C56H38N2O2. The molecule has 11 rings (SSSR count). The minimum atomic E-state index is -0.733. The van der Waals surface area contributed by atoms with Crippen molar-refractivity contribution in [2.24, 2.45) is 0 Å². The second-order valence-corrected chi connectivity index (χ2v) is 15.2. The van der Waals surface area contributed by atoms with Gasteiger partial charge in [0.05, 0.1) is 27.6 Å². The molecule has 4 heteroatoms. The predicted octanol–water partition coefficient (Wildman–Crippen LogP) is 14.2. The van der Waals surface area contributed by atoms with Crippen LogP contribution in [0.1, 0.15) is 22.3 Å². The summed E-state index contributed by atoms with van der Waals surface area (Å²) < 4.78 is 6.23. The highest BCUT2D eigenvalue weighted by Gasteiger charge is 2.47. The average molecular weight is 771 g/mol. The first-order valence-electron chi connectivity index (χ1n) is 20.3. The van der Waals surface area contributed by atoms with Crippen LogP contribution in [0.15, 0.2) is 240 Å². The molecule has 4 nitrogen and oxygen atoms in total. The van der Waals surface area contributed by atoms with Crippen LogP contribution in [0.3, 0.4) is 0 Å². The molecule has 284 valence electrons. The Morgan fingerprint density at radius 2 is 0.933 bits per heavy atom. The highest BCUT2D eigenvalue weighted by Crippen LogP contribution is 2.59. The van der Waals surface area contributed by atoms with Gasteiger partial charge in [-0.1, -0.05) is 146 Å². The molecular weight excluding hydrogens is 733 g/mol. The largest absolute Gasteiger partial charge is 0.456 e. The van der Waals surface area contributed by atoms with Gasteiger partial charge in [0.15, 0.2) is 0 Å². The summed E-state index contributed by atoms with van der Waals surface area (Å²) in [4.78, 5) is 18.6. The standard InChI is InChI=1S/C56H38N2O2/c59-55-47-28-16-17-29-53(47)60-54-35-31-39(36-48(54)55)40-30-34-51-50(37-40)56(41-18-6-1-7-19-41,42-20-8-2-9-21-42)49-33-32-46(38-52(49)58(51)45-26-14-5-15-27-45)57(43-22-10-3-11-23-43)44-24-12-4-13-25-44/h1-38H. The first kappa shape index (κ1) is 35.2. The summed E-state index contributed by atoms with van der Waals surface area (Å²) in [6.45, 7) is 0. The SMILES string of the molecule is O=c1c2ccccc2oc2ccc(-c3ccc4c(c3)C(c3ccccc3)(c3ccccc3)c3ccc(N(c5ccccc5)c5ccccc5)cc3N4c3ccccc3)cc12. The molecule has 0 aliphatic carbocycles. The van der Waals surface area contributed by atoms with Crippen LogP contribution in [-0.4, -0.2) is 0 Å². The Bertz CT molecular complexity index is 3140. The van der Waals surface area contributed by atoms with Crippen LogP contribution in [0.4, 0.5) is 34.1 Å². The topological polar surface area (TPSA) is 36.7 Å². The number of rotatable bonds is 7. The lowest BCUT2D eigenvalue weighted by Gasteiger charge is -2.47. The number of hydrogen-bond acceptors (Lipinski definition) is 4. The number of nitrogens with zero attached hydrogens (tertiary/aromatic N) is 2. The molecule has 1 aliphatic rings. The van der Waals surface area contributed by atoms with Gasteiger partial charge in [-0.3, -0.25) is 4.79 Å². The maximum atomic E-state index is 13.9. The summed E-state index contributed by atoms with van der Waals surface area (Å²) in [5.41, 5.74) is 13.4. The second kappa shape index (κ2) is 14.5. The lowest BCUT2D eigenvalue weighted by atomic mass is 9.62. The Morgan fingerprint density at radius 1 is 0.400 bits per heavy atom. The van der Waals surface area contributed by atoms with Crippen LogP contribution in [0.25, 0.3) is 33.1 Å². The van der Waals surface area contributed by atoms with Gasteiger partial charge < -0.3 is 14.2 Å². The van der Waals surface area contributed by atoms with Gasteiger partial charge in [0, 0.05) is 22.7 Å². The lowest BCUT2D eigenvalue weighted by molar-refractivity contribution is 0.660. The predicted molar refractivity (Wildman–Crippen MR) is 247 cm³/mol. The zero-order valence-corrected chi connectivity index (χ0v) is 32.7. The first-order chi connectivity index (χ1) is 29.7. The number of para-hydroxylation sites is 4. The summed E-state index contributed by atoms with van der Waals surface area (Å²) >= 11 is 0. The minimum absolute atomic E-state index is 0.0328. The molecule has 1 aliphatic heterocycles. The minimum Gasteiger partial charge on any atom is -0.456 e. The van der Waals surface area contributed by atoms with E-state index in [1.54, 1.807) is 0 Å². The van der Waals surface area contributed by atoms with E-state index in [4.69, 9.17) is 4.42 Å². The number of benzene rings is 9. The highest BCUT2D eigenvalue weighted by atomic mass is 16.3. The monoisotopic (exact) mass is 770 g/mol. The molecule has 9 aromatic carbocycles. The molecule has 0 N–H and O–H groups in total. The summed E-state index contributed by atoms with van der Waals surface area (Å²) in [7, 11) is 0. The summed E-state index contributed by atoms with van der Waals surface area (Å²) in [6.07, 6.45) is 0. The molecule has 60 heavy (non-hydrogen) atoms. The summed E-state index contributed by atoms with van der Waals surface area (Å²) in [5.74, 6) is 0. The summed E-state index contributed by atoms with van der Waals surface area (Å²) in [5, 5.41) is 1.14. The molecule has 10 aromatic rings. The van der Waals surface area contributed by atoms with Crippen LogP contribution in [0.2, 0.25) is 0 Å². The van der Waals surface area contributed by atoms with E-state index in [1.807, 2.05) is 36.4 Å². The second-order valence-electron chi connectivity index (χ2n) is 15.2. The van der Waals surface area contributed by atoms with Gasteiger partial charge >= 0.3 is 0 Å². The van der Waals surface area contributed by atoms with E-state index in [-0.39, 0.29) is 5.43 Å². The molecule has 0 saturated heterocycles. The van der Waals surface area contributed by atoms with Gasteiger partial charge in [0.1, 0.15) is 11.2 Å². The van der Waals surface area contributed by atoms with Crippen LogP contribution in [0, 0.1) is 0 Å². The van der Waals surface area contributed by atoms with E-state index in [9.17, 15) is 4.79 Å². The third-order valence-electron chi connectivity index (χ3n) is 11.9. The Hall–Kier alpha value is -7.95. The van der Waals surface area contributed by atoms with E-state index in [0.29, 0.717) is 21.9 Å². The van der Waals surface area contributed by atoms with Crippen molar-refractivity contribution in [2.45, 2.75) is 5.41 Å². The lowest BCUT2D eigenvalue weighted by Crippen LogP contribution is -2.38. The zero-order chi connectivity index (χ0) is 40.0. The Morgan fingerprint density at radius 3 is 1.58 bits per heavy atom. The summed E-state index contributed by atoms with van der Waals surface area (Å²) in [6, 6.07) is 80.7. The van der Waals surface area contributed by atoms with Gasteiger partial charge in [-0.05, 0) is 118 Å². The quantitative estimate of drug-likeness (QED) is 0.151. The Kier molecular flexibility index (Phi) is 8.49. The van der Waals surface area contributed by atoms with Crippen molar-refractivity contribution in [1.29, 1.82) is 0 Å². The first-order valence-corrected chi connectivity index (χ1v) is 20.3. The van der Waals surface area contributed by atoms with Gasteiger partial charge in [-0.25, -0.2) is 0 Å². The van der Waals surface area contributed by atoms with Gasteiger partial charge in [-0.15, -0.1) is 0 Å². The van der Waals surface area contributed by atoms with Crippen molar-refractivity contribution in [3.05, 3.63) is 263 Å². The van der Waals surface area contributed by atoms with Crippen molar-refractivity contribution in [3.63, 3.8) is 0 Å². The fourth-order valence-corrected chi connectivity index (χ4v) is 9.25. The molecule has 2 heterocycles. The van der Waals surface area contributed by atoms with Crippen LogP contribution in [-0.2, 0) is 5.41 Å². The fraction of sp³-hybridized carbons (Fsp3) is 0.0179. The molecule has 0 saturated carbocycles. The number of hydrogen-bond donors (Lipinski definition) is 0. The fourth-order valence-electron chi connectivity index (χ4n) is 9.25. The van der Waals surface area contributed by atoms with Gasteiger partial charge in [0.25, 0.3) is 0 Å². The van der Waals surface area contributed by atoms with E-state index >= 15 is 0 Å². The zero-order valence-electron chi connectivity index (χ0n) is 32.7. The Balaban J connectivity index is 1.22.